The van der Waals surface area contributed by atoms with Crippen molar-refractivity contribution in [2.24, 2.45) is 4.99 Å². The number of aromatic nitrogens is 1. The minimum atomic E-state index is -0.514. The number of cyclic esters (lactones) is 1. The van der Waals surface area contributed by atoms with Crippen molar-refractivity contribution < 1.29 is 9.53 Å². The van der Waals surface area contributed by atoms with Crippen LogP contribution in [0.5, 0.6) is 0 Å². The van der Waals surface area contributed by atoms with Crippen molar-refractivity contribution in [3.63, 3.8) is 0 Å². The molecule has 1 aromatic heterocycles. The second kappa shape index (κ2) is 8.61. The van der Waals surface area contributed by atoms with Gasteiger partial charge in [-0.25, -0.2) is 14.8 Å². The number of esters is 1. The Balaban J connectivity index is 1.62. The maximum atomic E-state index is 12.6. The van der Waals surface area contributed by atoms with Crippen LogP contribution < -0.4 is 0 Å². The second-order valence-corrected chi connectivity index (χ2v) is 8.78. The monoisotopic (exact) mass is 456 g/mol. The summed E-state index contributed by atoms with van der Waals surface area (Å²) in [5.74, 6) is -0.311. The average molecular weight is 457 g/mol. The van der Waals surface area contributed by atoms with Crippen molar-refractivity contribution in [1.29, 1.82) is 0 Å². The molecule has 32 heavy (non-hydrogen) atoms. The molecule has 2 heterocycles. The Morgan fingerprint density at radius 1 is 0.969 bits per heavy atom. The number of fused-ring (bicyclic) bond motifs is 1. The molecule has 0 saturated heterocycles. The molecule has 0 saturated carbocycles. The lowest BCUT2D eigenvalue weighted by atomic mass is 10.1. The predicted molar refractivity (Wildman–Crippen MR) is 129 cm³/mol. The minimum absolute atomic E-state index is 0.203. The fourth-order valence-electron chi connectivity index (χ4n) is 3.39. The molecule has 1 aliphatic heterocycles. The smallest absolute Gasteiger partial charge is 0.363 e. The van der Waals surface area contributed by atoms with E-state index in [-0.39, 0.29) is 11.6 Å². The first-order valence-corrected chi connectivity index (χ1v) is 11.2. The lowest BCUT2D eigenvalue weighted by molar-refractivity contribution is -0.129. The summed E-state index contributed by atoms with van der Waals surface area (Å²) >= 11 is 7.79. The van der Waals surface area contributed by atoms with Crippen molar-refractivity contribution in [3.05, 3.63) is 106 Å². The first-order chi connectivity index (χ1) is 15.6. The SMILES string of the molecule is Cc1ccc2nc(Sc3ccccc3)c(/C=C3/N=C(c4ccccc4Cl)OC3=O)cc2c1. The Bertz CT molecular complexity index is 1410. The Kier molecular flexibility index (Phi) is 5.52. The van der Waals surface area contributed by atoms with Crippen molar-refractivity contribution in [2.75, 3.05) is 0 Å². The van der Waals surface area contributed by atoms with Gasteiger partial charge in [0.1, 0.15) is 5.03 Å². The van der Waals surface area contributed by atoms with Gasteiger partial charge in [0.25, 0.3) is 0 Å². The van der Waals surface area contributed by atoms with Gasteiger partial charge in [-0.15, -0.1) is 0 Å². The molecule has 4 nitrogen and oxygen atoms in total. The molecule has 0 atom stereocenters. The van der Waals surface area contributed by atoms with Gasteiger partial charge in [0, 0.05) is 15.8 Å². The Hall–Kier alpha value is -3.41. The van der Waals surface area contributed by atoms with E-state index in [0.29, 0.717) is 10.6 Å². The standard InChI is InChI=1S/C26H17ClN2O2S/c1-16-11-12-22-17(13-16)14-18(25(29-22)32-19-7-3-2-4-8-19)15-23-26(30)31-24(28-23)20-9-5-6-10-21(20)27/h2-15H,1H3/b23-15+. The van der Waals surface area contributed by atoms with Crippen LogP contribution >= 0.6 is 23.4 Å². The van der Waals surface area contributed by atoms with Gasteiger partial charge in [-0.2, -0.15) is 0 Å². The van der Waals surface area contributed by atoms with Crippen LogP contribution in [0.15, 0.2) is 99.5 Å². The normalized spacial score (nSPS) is 14.6. The fourth-order valence-corrected chi connectivity index (χ4v) is 4.50. The van der Waals surface area contributed by atoms with E-state index in [1.165, 1.54) is 0 Å². The van der Waals surface area contributed by atoms with Crippen molar-refractivity contribution in [3.8, 4) is 0 Å². The van der Waals surface area contributed by atoms with E-state index >= 15 is 0 Å². The number of carbonyl (C=O) groups is 1. The van der Waals surface area contributed by atoms with Crippen LogP contribution in [0.3, 0.4) is 0 Å². The molecule has 0 N–H and O–H groups in total. The van der Waals surface area contributed by atoms with Gasteiger partial charge in [-0.1, -0.05) is 65.3 Å². The third kappa shape index (κ3) is 4.17. The number of rotatable bonds is 4. The molecule has 3 aromatic carbocycles. The summed E-state index contributed by atoms with van der Waals surface area (Å²) in [5.41, 5.74) is 3.62. The highest BCUT2D eigenvalue weighted by Crippen LogP contribution is 2.33. The number of aryl methyl sites for hydroxylation is 1. The first kappa shape index (κ1) is 20.5. The van der Waals surface area contributed by atoms with Crippen LogP contribution in [0.25, 0.3) is 17.0 Å². The molecule has 156 valence electrons. The maximum absolute atomic E-state index is 12.6. The average Bonchev–Trinajstić information content (AvgIpc) is 3.15. The van der Waals surface area contributed by atoms with E-state index in [2.05, 4.69) is 11.1 Å². The van der Waals surface area contributed by atoms with Crippen molar-refractivity contribution >= 4 is 52.2 Å². The lowest BCUT2D eigenvalue weighted by Crippen LogP contribution is -2.05. The van der Waals surface area contributed by atoms with E-state index in [0.717, 1.165) is 32.0 Å². The van der Waals surface area contributed by atoms with Crippen molar-refractivity contribution in [2.45, 2.75) is 16.8 Å². The zero-order chi connectivity index (χ0) is 22.1. The summed E-state index contributed by atoms with van der Waals surface area (Å²) in [6, 6.07) is 25.3. The highest BCUT2D eigenvalue weighted by Gasteiger charge is 2.26. The van der Waals surface area contributed by atoms with Gasteiger partial charge in [0.2, 0.25) is 5.90 Å². The molecule has 0 aliphatic carbocycles. The number of ether oxygens (including phenoxy) is 1. The highest BCUT2D eigenvalue weighted by molar-refractivity contribution is 7.99. The quantitative estimate of drug-likeness (QED) is 0.253. The van der Waals surface area contributed by atoms with Gasteiger partial charge in [0.15, 0.2) is 5.70 Å². The second-order valence-electron chi connectivity index (χ2n) is 7.31. The number of pyridine rings is 1. The van der Waals surface area contributed by atoms with Crippen LogP contribution in [0.1, 0.15) is 16.7 Å². The Morgan fingerprint density at radius 3 is 2.56 bits per heavy atom. The largest absolute Gasteiger partial charge is 0.402 e. The van der Waals surface area contributed by atoms with Crippen molar-refractivity contribution in [1.82, 2.24) is 4.98 Å². The minimum Gasteiger partial charge on any atom is -0.402 e. The molecule has 5 rings (SSSR count). The number of nitrogens with zero attached hydrogens (tertiary/aromatic N) is 2. The van der Waals surface area contributed by atoms with Gasteiger partial charge in [-0.05, 0) is 55.5 Å². The van der Waals surface area contributed by atoms with Crippen LogP contribution in [0, 0.1) is 6.92 Å². The van der Waals surface area contributed by atoms with Crippen LogP contribution in [-0.2, 0) is 9.53 Å². The third-order valence-electron chi connectivity index (χ3n) is 4.94. The van der Waals surface area contributed by atoms with Gasteiger partial charge >= 0.3 is 5.97 Å². The lowest BCUT2D eigenvalue weighted by Gasteiger charge is -2.08. The summed E-state index contributed by atoms with van der Waals surface area (Å²) in [4.78, 5) is 22.9. The number of hydrogen-bond acceptors (Lipinski definition) is 5. The number of benzene rings is 3. The highest BCUT2D eigenvalue weighted by atomic mass is 35.5. The molecule has 0 bridgehead atoms. The number of carbonyl (C=O) groups excluding carboxylic acids is 1. The Morgan fingerprint density at radius 2 is 1.75 bits per heavy atom. The molecule has 0 radical (unpaired) electrons. The van der Waals surface area contributed by atoms with E-state index in [9.17, 15) is 4.79 Å². The molecule has 6 heteroatoms. The van der Waals surface area contributed by atoms with Gasteiger partial charge in [0.05, 0.1) is 16.1 Å². The summed E-state index contributed by atoms with van der Waals surface area (Å²) in [5, 5.41) is 2.26. The molecule has 4 aromatic rings. The number of hydrogen-bond donors (Lipinski definition) is 0. The van der Waals surface area contributed by atoms with Crippen LogP contribution in [0.2, 0.25) is 5.02 Å². The third-order valence-corrected chi connectivity index (χ3v) is 6.30. The molecule has 0 unspecified atom stereocenters. The molecule has 0 amide bonds. The van der Waals surface area contributed by atoms with Gasteiger partial charge < -0.3 is 4.74 Å². The Labute approximate surface area is 194 Å². The molecular weight excluding hydrogens is 440 g/mol. The van der Waals surface area contributed by atoms with Gasteiger partial charge in [-0.3, -0.25) is 0 Å². The van der Waals surface area contributed by atoms with E-state index in [1.807, 2.05) is 67.6 Å². The van der Waals surface area contributed by atoms with E-state index in [4.69, 9.17) is 21.3 Å². The van der Waals surface area contributed by atoms with E-state index in [1.54, 1.807) is 30.0 Å². The van der Waals surface area contributed by atoms with E-state index < -0.39 is 5.97 Å². The summed E-state index contributed by atoms with van der Waals surface area (Å²) in [6.45, 7) is 2.04. The molecule has 1 aliphatic rings. The molecule has 0 spiro atoms. The molecular formula is C26H17ClN2O2S. The fraction of sp³-hybridized carbons (Fsp3) is 0.0385. The topological polar surface area (TPSA) is 51.6 Å². The first-order valence-electron chi connectivity index (χ1n) is 9.98. The molecule has 0 fully saturated rings. The van der Waals surface area contributed by atoms with Crippen LogP contribution in [0.4, 0.5) is 0 Å². The summed E-state index contributed by atoms with van der Waals surface area (Å²) < 4.78 is 5.41. The summed E-state index contributed by atoms with van der Waals surface area (Å²) in [6.07, 6.45) is 1.73. The van der Waals surface area contributed by atoms with Crippen LogP contribution in [-0.4, -0.2) is 16.9 Å². The maximum Gasteiger partial charge on any atom is 0.363 e. The number of aliphatic imine (C=N–C) groups is 1. The zero-order valence-corrected chi connectivity index (χ0v) is 18.7. The predicted octanol–water partition coefficient (Wildman–Crippen LogP) is 6.69. The summed E-state index contributed by atoms with van der Waals surface area (Å²) in [7, 11) is 0. The number of halogens is 1. The zero-order valence-electron chi connectivity index (χ0n) is 17.1.